The average Bonchev–Trinajstić information content (AvgIpc) is 2.72. The van der Waals surface area contributed by atoms with E-state index in [9.17, 15) is 0 Å². The molecule has 0 fully saturated rings. The minimum atomic E-state index is 0.351. The molecule has 2 aromatic rings. The third-order valence-corrected chi connectivity index (χ3v) is 4.08. The molecular weight excluding hydrogens is 250 g/mol. The van der Waals surface area contributed by atoms with Gasteiger partial charge < -0.3 is 5.32 Å². The zero-order valence-corrected chi connectivity index (χ0v) is 11.6. The molecule has 90 valence electrons. The fraction of sp³-hybridized carbons (Fsp3) is 0.286. The van der Waals surface area contributed by atoms with Crippen molar-refractivity contribution in [1.29, 1.82) is 0 Å². The summed E-state index contributed by atoms with van der Waals surface area (Å²) in [5, 5.41) is 3.37. The Balaban J connectivity index is 2.16. The average molecular weight is 266 g/mol. The van der Waals surface area contributed by atoms with Crippen LogP contribution >= 0.6 is 22.9 Å². The Labute approximate surface area is 111 Å². The summed E-state index contributed by atoms with van der Waals surface area (Å²) in [4.78, 5) is 1.32. The second-order valence-corrected chi connectivity index (χ2v) is 5.96. The second-order valence-electron chi connectivity index (χ2n) is 4.17. The van der Waals surface area contributed by atoms with Gasteiger partial charge in [0.15, 0.2) is 0 Å². The van der Waals surface area contributed by atoms with Crippen LogP contribution in [0.1, 0.15) is 22.0 Å². The third kappa shape index (κ3) is 3.32. The number of hydrogen-bond donors (Lipinski definition) is 1. The Hall–Kier alpha value is -0.830. The molecule has 0 amide bonds. The number of thiophene rings is 1. The van der Waals surface area contributed by atoms with Gasteiger partial charge in [0.2, 0.25) is 0 Å². The molecule has 0 radical (unpaired) electrons. The second kappa shape index (κ2) is 5.67. The Bertz CT molecular complexity index is 492. The first-order valence-corrected chi connectivity index (χ1v) is 6.86. The van der Waals surface area contributed by atoms with Gasteiger partial charge in [-0.05, 0) is 31.7 Å². The summed E-state index contributed by atoms with van der Waals surface area (Å²) in [6.45, 7) is 2.12. The Kier molecular flexibility index (Phi) is 4.21. The molecule has 0 saturated heterocycles. The molecule has 1 atom stereocenters. The predicted molar refractivity (Wildman–Crippen MR) is 76.0 cm³/mol. The molecule has 0 aliphatic carbocycles. The number of benzene rings is 1. The van der Waals surface area contributed by atoms with Gasteiger partial charge in [-0.3, -0.25) is 0 Å². The third-order valence-electron chi connectivity index (χ3n) is 2.83. The maximum absolute atomic E-state index is 5.96. The highest BCUT2D eigenvalue weighted by Gasteiger charge is 2.11. The van der Waals surface area contributed by atoms with Crippen LogP contribution in [0.25, 0.3) is 0 Å². The van der Waals surface area contributed by atoms with Gasteiger partial charge in [-0.1, -0.05) is 41.4 Å². The summed E-state index contributed by atoms with van der Waals surface area (Å²) in [5.74, 6) is 0. The standard InChI is InChI=1S/C14H16ClNS/c1-10-4-3-5-11(8-10)13(16-2)9-12-6-7-14(15)17-12/h3-8,13,16H,9H2,1-2H3. The number of rotatable bonds is 4. The van der Waals surface area contributed by atoms with Gasteiger partial charge in [0.25, 0.3) is 0 Å². The molecule has 0 spiro atoms. The van der Waals surface area contributed by atoms with Gasteiger partial charge >= 0.3 is 0 Å². The van der Waals surface area contributed by atoms with Crippen molar-refractivity contribution in [2.75, 3.05) is 7.05 Å². The van der Waals surface area contributed by atoms with E-state index in [4.69, 9.17) is 11.6 Å². The largest absolute Gasteiger partial charge is 0.313 e. The van der Waals surface area contributed by atoms with Crippen molar-refractivity contribution >= 4 is 22.9 Å². The van der Waals surface area contributed by atoms with Crippen molar-refractivity contribution in [2.24, 2.45) is 0 Å². The van der Waals surface area contributed by atoms with Crippen LogP contribution in [0.15, 0.2) is 36.4 Å². The lowest BCUT2D eigenvalue weighted by Gasteiger charge is -2.16. The smallest absolute Gasteiger partial charge is 0.0931 e. The molecule has 0 saturated carbocycles. The highest BCUT2D eigenvalue weighted by Crippen LogP contribution is 2.26. The molecule has 1 N–H and O–H groups in total. The van der Waals surface area contributed by atoms with E-state index < -0.39 is 0 Å². The van der Waals surface area contributed by atoms with Crippen LogP contribution in [-0.2, 0) is 6.42 Å². The summed E-state index contributed by atoms with van der Waals surface area (Å²) in [5.41, 5.74) is 2.63. The predicted octanol–water partition coefficient (Wildman–Crippen LogP) is 4.21. The minimum absolute atomic E-state index is 0.351. The Morgan fingerprint density at radius 1 is 1.29 bits per heavy atom. The Morgan fingerprint density at radius 3 is 2.71 bits per heavy atom. The molecule has 0 bridgehead atoms. The highest BCUT2D eigenvalue weighted by atomic mass is 35.5. The van der Waals surface area contributed by atoms with Gasteiger partial charge in [-0.25, -0.2) is 0 Å². The van der Waals surface area contributed by atoms with E-state index in [-0.39, 0.29) is 0 Å². The van der Waals surface area contributed by atoms with E-state index in [2.05, 4.69) is 42.6 Å². The van der Waals surface area contributed by atoms with E-state index in [1.54, 1.807) is 11.3 Å². The SMILES string of the molecule is CNC(Cc1ccc(Cl)s1)c1cccc(C)c1. The van der Waals surface area contributed by atoms with Crippen molar-refractivity contribution in [1.82, 2.24) is 5.32 Å². The van der Waals surface area contributed by atoms with Crippen molar-refractivity contribution in [3.05, 3.63) is 56.7 Å². The topological polar surface area (TPSA) is 12.0 Å². The number of halogens is 1. The number of hydrogen-bond acceptors (Lipinski definition) is 2. The van der Waals surface area contributed by atoms with Gasteiger partial charge in [0.05, 0.1) is 4.34 Å². The van der Waals surface area contributed by atoms with E-state index in [0.717, 1.165) is 10.8 Å². The van der Waals surface area contributed by atoms with Crippen molar-refractivity contribution in [2.45, 2.75) is 19.4 Å². The molecule has 1 aromatic heterocycles. The van der Waals surface area contributed by atoms with Gasteiger partial charge in [-0.2, -0.15) is 0 Å². The van der Waals surface area contributed by atoms with Crippen LogP contribution in [-0.4, -0.2) is 7.05 Å². The van der Waals surface area contributed by atoms with Gasteiger partial charge in [0.1, 0.15) is 0 Å². The normalized spacial score (nSPS) is 12.6. The number of aryl methyl sites for hydroxylation is 1. The maximum Gasteiger partial charge on any atom is 0.0931 e. The van der Waals surface area contributed by atoms with E-state index in [0.29, 0.717) is 6.04 Å². The van der Waals surface area contributed by atoms with Crippen LogP contribution in [0.4, 0.5) is 0 Å². The molecule has 1 unspecified atom stereocenters. The fourth-order valence-corrected chi connectivity index (χ4v) is 3.07. The van der Waals surface area contributed by atoms with Crippen LogP contribution in [0.3, 0.4) is 0 Å². The van der Waals surface area contributed by atoms with Crippen LogP contribution in [0.5, 0.6) is 0 Å². The molecule has 0 aliphatic heterocycles. The summed E-state index contributed by atoms with van der Waals surface area (Å²) in [6, 6.07) is 13.1. The summed E-state index contributed by atoms with van der Waals surface area (Å²) >= 11 is 7.61. The quantitative estimate of drug-likeness (QED) is 0.873. The molecule has 1 heterocycles. The molecular formula is C14H16ClNS. The molecule has 2 rings (SSSR count). The summed E-state index contributed by atoms with van der Waals surface area (Å²) in [6.07, 6.45) is 0.983. The number of nitrogens with one attached hydrogen (secondary N) is 1. The van der Waals surface area contributed by atoms with E-state index in [1.165, 1.54) is 16.0 Å². The lowest BCUT2D eigenvalue weighted by atomic mass is 10.0. The van der Waals surface area contributed by atoms with Crippen LogP contribution in [0, 0.1) is 6.92 Å². The molecule has 0 aliphatic rings. The lowest BCUT2D eigenvalue weighted by Crippen LogP contribution is -2.18. The summed E-state index contributed by atoms with van der Waals surface area (Å²) in [7, 11) is 2.00. The van der Waals surface area contributed by atoms with Gasteiger partial charge in [0, 0.05) is 17.3 Å². The minimum Gasteiger partial charge on any atom is -0.313 e. The van der Waals surface area contributed by atoms with Crippen molar-refractivity contribution < 1.29 is 0 Å². The fourth-order valence-electron chi connectivity index (χ4n) is 1.94. The molecule has 1 nitrogen and oxygen atoms in total. The monoisotopic (exact) mass is 265 g/mol. The molecule has 1 aromatic carbocycles. The first-order valence-electron chi connectivity index (χ1n) is 5.67. The number of likely N-dealkylation sites (N-methyl/N-ethyl adjacent to an activating group) is 1. The van der Waals surface area contributed by atoms with E-state index in [1.807, 2.05) is 13.1 Å². The zero-order valence-electron chi connectivity index (χ0n) is 10.0. The van der Waals surface area contributed by atoms with Crippen molar-refractivity contribution in [3.8, 4) is 0 Å². The zero-order chi connectivity index (χ0) is 12.3. The van der Waals surface area contributed by atoms with Crippen molar-refractivity contribution in [3.63, 3.8) is 0 Å². The molecule has 3 heteroatoms. The molecule has 17 heavy (non-hydrogen) atoms. The van der Waals surface area contributed by atoms with Crippen LogP contribution in [0.2, 0.25) is 4.34 Å². The Morgan fingerprint density at radius 2 is 2.12 bits per heavy atom. The lowest BCUT2D eigenvalue weighted by molar-refractivity contribution is 0.596. The first-order chi connectivity index (χ1) is 8.19. The van der Waals surface area contributed by atoms with Gasteiger partial charge in [-0.15, -0.1) is 11.3 Å². The van der Waals surface area contributed by atoms with Crippen LogP contribution < -0.4 is 5.32 Å². The highest BCUT2D eigenvalue weighted by molar-refractivity contribution is 7.16. The summed E-state index contributed by atoms with van der Waals surface area (Å²) < 4.78 is 0.860. The van der Waals surface area contributed by atoms with E-state index >= 15 is 0 Å². The first kappa shape index (κ1) is 12.6. The maximum atomic E-state index is 5.96.